The van der Waals surface area contributed by atoms with Gasteiger partial charge in [-0.2, -0.15) is 5.10 Å². The lowest BCUT2D eigenvalue weighted by molar-refractivity contribution is 0.602. The van der Waals surface area contributed by atoms with Crippen molar-refractivity contribution in [3.8, 4) is 5.69 Å². The highest BCUT2D eigenvalue weighted by molar-refractivity contribution is 9.10. The van der Waals surface area contributed by atoms with Crippen LogP contribution in [0.15, 0.2) is 40.0 Å². The lowest BCUT2D eigenvalue weighted by Gasteiger charge is -2.06. The molecule has 1 aromatic heterocycles. The molecule has 7 heteroatoms. The molecule has 0 spiro atoms. The summed E-state index contributed by atoms with van der Waals surface area (Å²) < 4.78 is 25.1. The molecule has 0 aliphatic carbocycles. The van der Waals surface area contributed by atoms with Crippen LogP contribution in [-0.2, 0) is 16.4 Å². The van der Waals surface area contributed by atoms with Gasteiger partial charge in [0.25, 0.3) is 0 Å². The molecule has 0 radical (unpaired) electrons. The summed E-state index contributed by atoms with van der Waals surface area (Å²) in [5, 5.41) is 4.05. The fourth-order valence-electron chi connectivity index (χ4n) is 1.49. The number of sulfone groups is 1. The predicted octanol–water partition coefficient (Wildman–Crippen LogP) is 1.50. The third kappa shape index (κ3) is 2.63. The van der Waals surface area contributed by atoms with E-state index in [-0.39, 0.29) is 4.90 Å². The zero-order chi connectivity index (χ0) is 13.3. The third-order valence-electron chi connectivity index (χ3n) is 2.48. The number of benzene rings is 1. The minimum absolute atomic E-state index is 0.192. The first kappa shape index (κ1) is 13.3. The highest BCUT2D eigenvalue weighted by Crippen LogP contribution is 2.23. The Morgan fingerprint density at radius 3 is 2.67 bits per heavy atom. The first-order valence-electron chi connectivity index (χ1n) is 5.15. The predicted molar refractivity (Wildman–Crippen MR) is 72.3 cm³/mol. The monoisotopic (exact) mass is 329 g/mol. The standard InChI is InChI=1S/C11H12BrN3O2S/c1-18(16,17)9-6-14-15(7-9)11-3-2-8(5-13)4-10(11)12/h2-4,6-7H,5,13H2,1H3. The molecule has 0 amide bonds. The highest BCUT2D eigenvalue weighted by atomic mass is 79.9. The van der Waals surface area contributed by atoms with Crippen LogP contribution in [0.5, 0.6) is 0 Å². The maximum atomic E-state index is 11.4. The van der Waals surface area contributed by atoms with Crippen LogP contribution in [0.2, 0.25) is 0 Å². The van der Waals surface area contributed by atoms with E-state index < -0.39 is 9.84 Å². The second kappa shape index (κ2) is 4.83. The molecule has 2 rings (SSSR count). The largest absolute Gasteiger partial charge is 0.326 e. The lowest BCUT2D eigenvalue weighted by atomic mass is 10.2. The van der Waals surface area contributed by atoms with Crippen LogP contribution in [0.4, 0.5) is 0 Å². The number of nitrogens with zero attached hydrogens (tertiary/aromatic N) is 2. The lowest BCUT2D eigenvalue weighted by Crippen LogP contribution is -2.00. The summed E-state index contributed by atoms with van der Waals surface area (Å²) in [6, 6.07) is 5.60. The second-order valence-corrected chi connectivity index (χ2v) is 6.75. The van der Waals surface area contributed by atoms with Crippen LogP contribution in [0.25, 0.3) is 5.69 Å². The molecule has 0 aliphatic rings. The number of nitrogens with two attached hydrogens (primary N) is 1. The molecule has 5 nitrogen and oxygen atoms in total. The van der Waals surface area contributed by atoms with Gasteiger partial charge in [0.05, 0.1) is 11.9 Å². The summed E-state index contributed by atoms with van der Waals surface area (Å²) in [5.41, 5.74) is 7.30. The van der Waals surface area contributed by atoms with Gasteiger partial charge in [-0.05, 0) is 33.6 Å². The molecular formula is C11H12BrN3O2S. The molecule has 0 aliphatic heterocycles. The van der Waals surface area contributed by atoms with Gasteiger partial charge >= 0.3 is 0 Å². The molecule has 0 atom stereocenters. The smallest absolute Gasteiger partial charge is 0.178 e. The van der Waals surface area contributed by atoms with Crippen LogP contribution in [-0.4, -0.2) is 24.5 Å². The summed E-state index contributed by atoms with van der Waals surface area (Å²) in [6.07, 6.45) is 3.97. The van der Waals surface area contributed by atoms with E-state index in [0.717, 1.165) is 22.0 Å². The summed E-state index contributed by atoms with van der Waals surface area (Å²) >= 11 is 3.42. The van der Waals surface area contributed by atoms with Gasteiger partial charge in [-0.3, -0.25) is 0 Å². The number of hydrogen-bond acceptors (Lipinski definition) is 4. The molecule has 0 unspecified atom stereocenters. The molecule has 1 heterocycles. The zero-order valence-electron chi connectivity index (χ0n) is 9.67. The molecule has 1 aromatic carbocycles. The Bertz CT molecular complexity index is 679. The Labute approximate surface area is 114 Å². The van der Waals surface area contributed by atoms with E-state index in [9.17, 15) is 8.42 Å². The molecule has 2 aromatic rings. The Morgan fingerprint density at radius 1 is 1.44 bits per heavy atom. The number of halogens is 1. The van der Waals surface area contributed by atoms with E-state index in [1.165, 1.54) is 17.1 Å². The molecular weight excluding hydrogens is 318 g/mol. The maximum absolute atomic E-state index is 11.4. The van der Waals surface area contributed by atoms with Crippen LogP contribution in [0, 0.1) is 0 Å². The average Bonchev–Trinajstić information content (AvgIpc) is 2.77. The van der Waals surface area contributed by atoms with Crippen molar-refractivity contribution in [3.63, 3.8) is 0 Å². The van der Waals surface area contributed by atoms with Crippen molar-refractivity contribution in [3.05, 3.63) is 40.6 Å². The molecule has 96 valence electrons. The quantitative estimate of drug-likeness (QED) is 0.925. The van der Waals surface area contributed by atoms with Gasteiger partial charge < -0.3 is 5.73 Å². The fourth-order valence-corrected chi connectivity index (χ4v) is 2.63. The van der Waals surface area contributed by atoms with E-state index in [2.05, 4.69) is 21.0 Å². The van der Waals surface area contributed by atoms with Crippen LogP contribution >= 0.6 is 15.9 Å². The van der Waals surface area contributed by atoms with Gasteiger partial charge in [0, 0.05) is 23.5 Å². The zero-order valence-corrected chi connectivity index (χ0v) is 12.1. The van der Waals surface area contributed by atoms with Crippen molar-refractivity contribution in [1.82, 2.24) is 9.78 Å². The summed E-state index contributed by atoms with van der Waals surface area (Å²) in [7, 11) is -3.23. The molecule has 0 fully saturated rings. The van der Waals surface area contributed by atoms with E-state index in [4.69, 9.17) is 5.73 Å². The van der Waals surface area contributed by atoms with E-state index in [1.807, 2.05) is 18.2 Å². The van der Waals surface area contributed by atoms with Crippen molar-refractivity contribution in [2.75, 3.05) is 6.26 Å². The Kier molecular flexibility index (Phi) is 3.56. The number of rotatable bonds is 3. The van der Waals surface area contributed by atoms with Crippen molar-refractivity contribution in [1.29, 1.82) is 0 Å². The van der Waals surface area contributed by atoms with Gasteiger partial charge in [0.1, 0.15) is 4.90 Å². The Morgan fingerprint density at radius 2 is 2.17 bits per heavy atom. The van der Waals surface area contributed by atoms with Gasteiger partial charge in [-0.15, -0.1) is 0 Å². The number of aromatic nitrogens is 2. The highest BCUT2D eigenvalue weighted by Gasteiger charge is 2.12. The fraction of sp³-hybridized carbons (Fsp3) is 0.182. The van der Waals surface area contributed by atoms with Crippen molar-refractivity contribution >= 4 is 25.8 Å². The topological polar surface area (TPSA) is 78.0 Å². The van der Waals surface area contributed by atoms with Crippen molar-refractivity contribution < 1.29 is 8.42 Å². The second-order valence-electron chi connectivity index (χ2n) is 3.88. The van der Waals surface area contributed by atoms with Gasteiger partial charge in [0.15, 0.2) is 9.84 Å². The van der Waals surface area contributed by atoms with Gasteiger partial charge in [-0.1, -0.05) is 6.07 Å². The third-order valence-corrected chi connectivity index (χ3v) is 4.18. The van der Waals surface area contributed by atoms with E-state index >= 15 is 0 Å². The van der Waals surface area contributed by atoms with E-state index in [0.29, 0.717) is 6.54 Å². The first-order valence-corrected chi connectivity index (χ1v) is 7.84. The molecule has 2 N–H and O–H groups in total. The molecule has 0 saturated heterocycles. The average molecular weight is 330 g/mol. The minimum atomic E-state index is -3.23. The molecule has 0 bridgehead atoms. The van der Waals surface area contributed by atoms with Crippen molar-refractivity contribution in [2.24, 2.45) is 5.73 Å². The normalized spacial score (nSPS) is 11.7. The van der Waals surface area contributed by atoms with Crippen LogP contribution < -0.4 is 5.73 Å². The first-order chi connectivity index (χ1) is 8.41. The Hall–Kier alpha value is -1.18. The maximum Gasteiger partial charge on any atom is 0.178 e. The SMILES string of the molecule is CS(=O)(=O)c1cnn(-c2ccc(CN)cc2Br)c1. The number of hydrogen-bond donors (Lipinski definition) is 1. The summed E-state index contributed by atoms with van der Waals surface area (Å²) in [5.74, 6) is 0. The molecule has 18 heavy (non-hydrogen) atoms. The van der Waals surface area contributed by atoms with Gasteiger partial charge in [0.2, 0.25) is 0 Å². The van der Waals surface area contributed by atoms with Crippen LogP contribution in [0.3, 0.4) is 0 Å². The Balaban J connectivity index is 2.47. The van der Waals surface area contributed by atoms with Crippen LogP contribution in [0.1, 0.15) is 5.56 Å². The summed E-state index contributed by atoms with van der Waals surface area (Å²) in [4.78, 5) is 0.192. The molecule has 0 saturated carbocycles. The van der Waals surface area contributed by atoms with E-state index in [1.54, 1.807) is 0 Å². The minimum Gasteiger partial charge on any atom is -0.326 e. The van der Waals surface area contributed by atoms with Crippen molar-refractivity contribution in [2.45, 2.75) is 11.4 Å². The van der Waals surface area contributed by atoms with Gasteiger partial charge in [-0.25, -0.2) is 13.1 Å². The summed E-state index contributed by atoms with van der Waals surface area (Å²) in [6.45, 7) is 0.451.